The number of ether oxygens (including phenoxy) is 3. The first kappa shape index (κ1) is 79.6. The first-order valence-corrected chi connectivity index (χ1v) is 37.0. The van der Waals surface area contributed by atoms with Crippen LogP contribution in [0.3, 0.4) is 0 Å². The topological polar surface area (TPSA) is 78.9 Å². The Hall–Kier alpha value is -2.37. The molecule has 0 aliphatic carbocycles. The average molecular weight is 1150 g/mol. The van der Waals surface area contributed by atoms with Crippen molar-refractivity contribution in [3.8, 4) is 0 Å². The SMILES string of the molecule is CCC/C=C\C/C=C\CCCCCCCC(=O)OCC(COC(=O)CCCCCCCCCCCCCCCCCCCCCCCCCCCC)OC(=O)CCCCCCCCCCCCCCC/C=C\CCCCCCCCCC. The molecule has 0 fully saturated rings. The maximum atomic E-state index is 13.0. The number of rotatable bonds is 69. The number of hydrogen-bond donors (Lipinski definition) is 0. The second-order valence-corrected chi connectivity index (χ2v) is 25.2. The molecule has 0 aromatic rings. The normalized spacial score (nSPS) is 12.2. The lowest BCUT2D eigenvalue weighted by Gasteiger charge is -2.18. The molecular formula is C76H142O6. The molecule has 0 bridgehead atoms. The van der Waals surface area contributed by atoms with Gasteiger partial charge in [0.15, 0.2) is 6.10 Å². The van der Waals surface area contributed by atoms with Gasteiger partial charge in [-0.2, -0.15) is 0 Å². The van der Waals surface area contributed by atoms with Crippen LogP contribution in [0.2, 0.25) is 0 Å². The van der Waals surface area contributed by atoms with E-state index in [1.165, 1.54) is 289 Å². The molecule has 0 radical (unpaired) electrons. The Labute approximate surface area is 512 Å². The molecule has 0 amide bonds. The number of unbranched alkanes of at least 4 members (excludes halogenated alkanes) is 52. The van der Waals surface area contributed by atoms with E-state index in [1.54, 1.807) is 0 Å². The molecule has 482 valence electrons. The molecule has 0 spiro atoms. The van der Waals surface area contributed by atoms with Crippen LogP contribution in [0.5, 0.6) is 0 Å². The fourth-order valence-electron chi connectivity index (χ4n) is 11.3. The molecule has 0 saturated carbocycles. The lowest BCUT2D eigenvalue weighted by molar-refractivity contribution is -0.167. The maximum Gasteiger partial charge on any atom is 0.306 e. The summed E-state index contributed by atoms with van der Waals surface area (Å²) in [4.78, 5) is 38.5. The van der Waals surface area contributed by atoms with Gasteiger partial charge in [-0.25, -0.2) is 0 Å². The molecule has 1 unspecified atom stereocenters. The van der Waals surface area contributed by atoms with Crippen molar-refractivity contribution in [1.82, 2.24) is 0 Å². The van der Waals surface area contributed by atoms with E-state index in [0.29, 0.717) is 19.3 Å². The van der Waals surface area contributed by atoms with Crippen molar-refractivity contribution in [2.45, 2.75) is 419 Å². The zero-order chi connectivity index (χ0) is 59.2. The zero-order valence-electron chi connectivity index (χ0n) is 55.5. The minimum atomic E-state index is -0.777. The smallest absolute Gasteiger partial charge is 0.306 e. The number of carbonyl (C=O) groups excluding carboxylic acids is 3. The second kappa shape index (κ2) is 71.1. The van der Waals surface area contributed by atoms with Crippen LogP contribution in [0.25, 0.3) is 0 Å². The molecule has 0 aromatic carbocycles. The molecule has 0 aromatic heterocycles. The summed E-state index contributed by atoms with van der Waals surface area (Å²) in [5.41, 5.74) is 0. The summed E-state index contributed by atoms with van der Waals surface area (Å²) in [5.74, 6) is -0.856. The van der Waals surface area contributed by atoms with Gasteiger partial charge in [-0.3, -0.25) is 14.4 Å². The predicted octanol–water partition coefficient (Wildman–Crippen LogP) is 25.5. The van der Waals surface area contributed by atoms with Crippen LogP contribution >= 0.6 is 0 Å². The van der Waals surface area contributed by atoms with E-state index in [-0.39, 0.29) is 31.1 Å². The van der Waals surface area contributed by atoms with E-state index in [9.17, 15) is 14.4 Å². The predicted molar refractivity (Wildman–Crippen MR) is 358 cm³/mol. The molecule has 0 saturated heterocycles. The third-order valence-corrected chi connectivity index (χ3v) is 16.8. The van der Waals surface area contributed by atoms with E-state index >= 15 is 0 Å². The Bertz CT molecular complexity index is 1370. The van der Waals surface area contributed by atoms with E-state index in [0.717, 1.165) is 83.5 Å². The Morgan fingerprint density at radius 3 is 0.732 bits per heavy atom. The number of allylic oxidation sites excluding steroid dienone is 6. The highest BCUT2D eigenvalue weighted by Gasteiger charge is 2.19. The van der Waals surface area contributed by atoms with Crippen molar-refractivity contribution in [3.63, 3.8) is 0 Å². The van der Waals surface area contributed by atoms with Crippen molar-refractivity contribution in [1.29, 1.82) is 0 Å². The van der Waals surface area contributed by atoms with Gasteiger partial charge in [0.2, 0.25) is 0 Å². The Kier molecular flexibility index (Phi) is 69.1. The van der Waals surface area contributed by atoms with Crippen molar-refractivity contribution in [3.05, 3.63) is 36.5 Å². The fraction of sp³-hybridized carbons (Fsp3) is 0.882. The Morgan fingerprint density at radius 2 is 0.463 bits per heavy atom. The summed E-state index contributed by atoms with van der Waals surface area (Å²) in [7, 11) is 0. The highest BCUT2D eigenvalue weighted by atomic mass is 16.6. The third kappa shape index (κ3) is 68.4. The molecule has 0 aliphatic heterocycles. The molecule has 0 heterocycles. The largest absolute Gasteiger partial charge is 0.462 e. The second-order valence-electron chi connectivity index (χ2n) is 25.2. The standard InChI is InChI=1S/C76H142O6/c1-4-7-10-13-16-19-22-25-27-29-31-33-35-37-39-40-42-44-46-48-51-54-57-60-63-66-69-75(78)81-72-73(71-80-74(77)68-65-62-59-56-53-50-24-21-18-15-12-9-6-3)82-76(79)70-67-64-61-58-55-52-49-47-45-43-41-38-36-34-32-30-28-26-23-20-17-14-11-8-5-2/h12,15,21,24,30,32,73H,4-11,13-14,16-20,22-23,25-29,31,33-72H2,1-3H3/b15-12-,24-21-,32-30-. The van der Waals surface area contributed by atoms with Gasteiger partial charge in [0.25, 0.3) is 0 Å². The summed E-state index contributed by atoms with van der Waals surface area (Å²) < 4.78 is 17.0. The summed E-state index contributed by atoms with van der Waals surface area (Å²) in [6, 6.07) is 0. The van der Waals surface area contributed by atoms with Crippen LogP contribution in [0.4, 0.5) is 0 Å². The minimum absolute atomic E-state index is 0.0716. The molecule has 0 N–H and O–H groups in total. The lowest BCUT2D eigenvalue weighted by atomic mass is 10.0. The summed E-state index contributed by atoms with van der Waals surface area (Å²) in [6.07, 6.45) is 89.1. The van der Waals surface area contributed by atoms with Gasteiger partial charge in [-0.1, -0.05) is 359 Å². The van der Waals surface area contributed by atoms with Crippen molar-refractivity contribution < 1.29 is 28.6 Å². The first-order valence-electron chi connectivity index (χ1n) is 37.0. The number of esters is 3. The molecule has 0 rings (SSSR count). The first-order chi connectivity index (χ1) is 40.5. The Morgan fingerprint density at radius 1 is 0.244 bits per heavy atom. The van der Waals surface area contributed by atoms with Crippen LogP contribution in [0.1, 0.15) is 412 Å². The summed E-state index contributed by atoms with van der Waals surface area (Å²) in [5, 5.41) is 0. The van der Waals surface area contributed by atoms with Crippen molar-refractivity contribution >= 4 is 17.9 Å². The molecule has 6 heteroatoms. The molecule has 0 aliphatic rings. The van der Waals surface area contributed by atoms with Crippen LogP contribution in [0.15, 0.2) is 36.5 Å². The van der Waals surface area contributed by atoms with Crippen LogP contribution in [-0.2, 0) is 28.6 Å². The van der Waals surface area contributed by atoms with Gasteiger partial charge >= 0.3 is 17.9 Å². The Balaban J connectivity index is 4.20. The van der Waals surface area contributed by atoms with Crippen LogP contribution < -0.4 is 0 Å². The number of carbonyl (C=O) groups is 3. The number of hydrogen-bond acceptors (Lipinski definition) is 6. The third-order valence-electron chi connectivity index (χ3n) is 16.8. The molecule has 82 heavy (non-hydrogen) atoms. The van der Waals surface area contributed by atoms with E-state index in [2.05, 4.69) is 57.2 Å². The highest BCUT2D eigenvalue weighted by molar-refractivity contribution is 5.71. The fourth-order valence-corrected chi connectivity index (χ4v) is 11.3. The zero-order valence-corrected chi connectivity index (χ0v) is 55.5. The summed E-state index contributed by atoms with van der Waals surface area (Å²) in [6.45, 7) is 6.65. The van der Waals surface area contributed by atoms with Gasteiger partial charge in [-0.15, -0.1) is 0 Å². The van der Waals surface area contributed by atoms with Crippen molar-refractivity contribution in [2.75, 3.05) is 13.2 Å². The monoisotopic (exact) mass is 1150 g/mol. The van der Waals surface area contributed by atoms with E-state index in [4.69, 9.17) is 14.2 Å². The van der Waals surface area contributed by atoms with Crippen LogP contribution in [0, 0.1) is 0 Å². The highest BCUT2D eigenvalue weighted by Crippen LogP contribution is 2.19. The van der Waals surface area contributed by atoms with Crippen LogP contribution in [-0.4, -0.2) is 37.2 Å². The molecule has 6 nitrogen and oxygen atoms in total. The van der Waals surface area contributed by atoms with Gasteiger partial charge in [0.05, 0.1) is 0 Å². The lowest BCUT2D eigenvalue weighted by Crippen LogP contribution is -2.30. The maximum absolute atomic E-state index is 13.0. The molecular weight excluding hydrogens is 1010 g/mol. The minimum Gasteiger partial charge on any atom is -0.462 e. The van der Waals surface area contributed by atoms with Crippen molar-refractivity contribution in [2.24, 2.45) is 0 Å². The summed E-state index contributed by atoms with van der Waals surface area (Å²) >= 11 is 0. The van der Waals surface area contributed by atoms with E-state index in [1.807, 2.05) is 0 Å². The molecule has 1 atom stereocenters. The van der Waals surface area contributed by atoms with E-state index < -0.39 is 6.10 Å². The van der Waals surface area contributed by atoms with Gasteiger partial charge < -0.3 is 14.2 Å². The van der Waals surface area contributed by atoms with Gasteiger partial charge in [0, 0.05) is 19.3 Å². The van der Waals surface area contributed by atoms with Gasteiger partial charge in [-0.05, 0) is 70.6 Å². The quantitative estimate of drug-likeness (QED) is 0.0261. The average Bonchev–Trinajstić information content (AvgIpc) is 3.47. The van der Waals surface area contributed by atoms with Gasteiger partial charge in [0.1, 0.15) is 13.2 Å².